The second-order valence-corrected chi connectivity index (χ2v) is 3.82. The minimum absolute atomic E-state index is 0.00753. The predicted molar refractivity (Wildman–Crippen MR) is 68.9 cm³/mol. The maximum absolute atomic E-state index is 11.4. The molecular weight excluding hydrogens is 250 g/mol. The van der Waals surface area contributed by atoms with E-state index in [9.17, 15) is 14.4 Å². The Kier molecular flexibility index (Phi) is 5.34. The Bertz CT molecular complexity index is 470. The number of carboxylic acids is 1. The summed E-state index contributed by atoms with van der Waals surface area (Å²) in [5.41, 5.74) is 5.95. The number of anilines is 1. The van der Waals surface area contributed by atoms with Gasteiger partial charge in [0.1, 0.15) is 0 Å². The number of urea groups is 1. The first-order valence-corrected chi connectivity index (χ1v) is 5.65. The smallest absolute Gasteiger partial charge is 0.319 e. The van der Waals surface area contributed by atoms with E-state index in [-0.39, 0.29) is 13.0 Å². The van der Waals surface area contributed by atoms with Crippen molar-refractivity contribution in [2.45, 2.75) is 12.8 Å². The third-order valence-corrected chi connectivity index (χ3v) is 2.28. The molecule has 3 amide bonds. The molecule has 0 aromatic heterocycles. The van der Waals surface area contributed by atoms with E-state index in [4.69, 9.17) is 10.8 Å². The second-order valence-electron chi connectivity index (χ2n) is 3.82. The van der Waals surface area contributed by atoms with E-state index >= 15 is 0 Å². The summed E-state index contributed by atoms with van der Waals surface area (Å²) in [5, 5.41) is 13.5. The summed E-state index contributed by atoms with van der Waals surface area (Å²) < 4.78 is 0. The molecule has 19 heavy (non-hydrogen) atoms. The van der Waals surface area contributed by atoms with E-state index in [1.54, 1.807) is 12.1 Å². The monoisotopic (exact) mass is 265 g/mol. The lowest BCUT2D eigenvalue weighted by molar-refractivity contribution is -0.137. The summed E-state index contributed by atoms with van der Waals surface area (Å²) >= 11 is 0. The van der Waals surface area contributed by atoms with Crippen LogP contribution in [0.2, 0.25) is 0 Å². The van der Waals surface area contributed by atoms with E-state index in [0.29, 0.717) is 17.7 Å². The van der Waals surface area contributed by atoms with Gasteiger partial charge >= 0.3 is 12.0 Å². The molecule has 0 spiro atoms. The molecule has 0 atom stereocenters. The number of aliphatic carboxylic acids is 1. The molecule has 0 heterocycles. The molecule has 0 bridgehead atoms. The Morgan fingerprint density at radius 1 is 1.16 bits per heavy atom. The quantitative estimate of drug-likeness (QED) is 0.567. The molecule has 0 unspecified atom stereocenters. The zero-order valence-electron chi connectivity index (χ0n) is 10.2. The van der Waals surface area contributed by atoms with Gasteiger partial charge in [-0.2, -0.15) is 0 Å². The van der Waals surface area contributed by atoms with Crippen LogP contribution in [-0.2, 0) is 4.79 Å². The Morgan fingerprint density at radius 3 is 2.32 bits per heavy atom. The predicted octanol–water partition coefficient (Wildman–Crippen LogP) is 0.772. The minimum Gasteiger partial charge on any atom is -0.481 e. The van der Waals surface area contributed by atoms with Gasteiger partial charge in [-0.1, -0.05) is 0 Å². The van der Waals surface area contributed by atoms with Gasteiger partial charge in [-0.05, 0) is 30.7 Å². The van der Waals surface area contributed by atoms with Gasteiger partial charge in [0.05, 0.1) is 0 Å². The third-order valence-electron chi connectivity index (χ3n) is 2.28. The lowest BCUT2D eigenvalue weighted by Gasteiger charge is -2.07. The van der Waals surface area contributed by atoms with E-state index in [0.717, 1.165) is 0 Å². The minimum atomic E-state index is -0.899. The summed E-state index contributed by atoms with van der Waals surface area (Å²) in [4.78, 5) is 32.5. The van der Waals surface area contributed by atoms with Crippen molar-refractivity contribution in [1.29, 1.82) is 0 Å². The van der Waals surface area contributed by atoms with Gasteiger partial charge < -0.3 is 21.5 Å². The lowest BCUT2D eigenvalue weighted by Crippen LogP contribution is -2.29. The van der Waals surface area contributed by atoms with Crippen molar-refractivity contribution in [2.75, 3.05) is 11.9 Å². The first kappa shape index (κ1) is 14.5. The van der Waals surface area contributed by atoms with Crippen LogP contribution in [0.3, 0.4) is 0 Å². The van der Waals surface area contributed by atoms with Gasteiger partial charge in [0.2, 0.25) is 5.91 Å². The maximum atomic E-state index is 11.4. The third kappa shape index (κ3) is 5.53. The number of nitrogens with two attached hydrogens (primary N) is 1. The largest absolute Gasteiger partial charge is 0.481 e. The highest BCUT2D eigenvalue weighted by atomic mass is 16.4. The van der Waals surface area contributed by atoms with Crippen molar-refractivity contribution in [2.24, 2.45) is 5.73 Å². The van der Waals surface area contributed by atoms with Crippen LogP contribution in [0.25, 0.3) is 0 Å². The molecule has 5 N–H and O–H groups in total. The van der Waals surface area contributed by atoms with Crippen LogP contribution in [0.5, 0.6) is 0 Å². The second kappa shape index (κ2) is 7.00. The maximum Gasteiger partial charge on any atom is 0.319 e. The van der Waals surface area contributed by atoms with E-state index < -0.39 is 17.9 Å². The Balaban J connectivity index is 2.35. The van der Waals surface area contributed by atoms with Gasteiger partial charge in [-0.15, -0.1) is 0 Å². The van der Waals surface area contributed by atoms with E-state index in [1.807, 2.05) is 0 Å². The van der Waals surface area contributed by atoms with E-state index in [1.165, 1.54) is 12.1 Å². The fourth-order valence-corrected chi connectivity index (χ4v) is 1.33. The number of carbonyl (C=O) groups excluding carboxylic acids is 2. The molecular formula is C12H15N3O4. The molecule has 1 aromatic carbocycles. The highest BCUT2D eigenvalue weighted by Gasteiger charge is 2.03. The van der Waals surface area contributed by atoms with Crippen LogP contribution in [0.1, 0.15) is 23.2 Å². The molecule has 102 valence electrons. The molecule has 0 fully saturated rings. The van der Waals surface area contributed by atoms with Gasteiger partial charge in [0.25, 0.3) is 0 Å². The van der Waals surface area contributed by atoms with Crippen molar-refractivity contribution in [3.05, 3.63) is 29.8 Å². The molecule has 0 aliphatic carbocycles. The summed E-state index contributed by atoms with van der Waals surface area (Å²) in [6, 6.07) is 5.68. The highest BCUT2D eigenvalue weighted by Crippen LogP contribution is 2.08. The van der Waals surface area contributed by atoms with E-state index in [2.05, 4.69) is 10.6 Å². The molecule has 1 rings (SSSR count). The van der Waals surface area contributed by atoms with Crippen molar-refractivity contribution in [3.8, 4) is 0 Å². The summed E-state index contributed by atoms with van der Waals surface area (Å²) in [5.74, 6) is -1.44. The van der Waals surface area contributed by atoms with Gasteiger partial charge in [0, 0.05) is 24.2 Å². The number of carboxylic acid groups (broad SMARTS) is 1. The molecule has 0 saturated carbocycles. The van der Waals surface area contributed by atoms with Crippen LogP contribution >= 0.6 is 0 Å². The molecule has 0 aliphatic heterocycles. The topological polar surface area (TPSA) is 122 Å². The fraction of sp³-hybridized carbons (Fsp3) is 0.250. The SMILES string of the molecule is NC(=O)c1ccc(NC(=O)NCCCC(=O)O)cc1. The zero-order chi connectivity index (χ0) is 14.3. The van der Waals surface area contributed by atoms with Crippen LogP contribution < -0.4 is 16.4 Å². The van der Waals surface area contributed by atoms with Crippen molar-refractivity contribution in [3.63, 3.8) is 0 Å². The number of hydrogen-bond donors (Lipinski definition) is 4. The number of benzene rings is 1. The molecule has 0 radical (unpaired) electrons. The lowest BCUT2D eigenvalue weighted by atomic mass is 10.2. The number of nitrogens with one attached hydrogen (secondary N) is 2. The number of hydrogen-bond acceptors (Lipinski definition) is 3. The molecule has 0 saturated heterocycles. The normalized spacial score (nSPS) is 9.68. The van der Waals surface area contributed by atoms with Gasteiger partial charge in [-0.25, -0.2) is 4.79 Å². The first-order valence-electron chi connectivity index (χ1n) is 5.65. The van der Waals surface area contributed by atoms with Crippen LogP contribution in [-0.4, -0.2) is 29.6 Å². The molecule has 7 nitrogen and oxygen atoms in total. The number of carbonyl (C=O) groups is 3. The Hall–Kier alpha value is -2.57. The average Bonchev–Trinajstić information content (AvgIpc) is 2.35. The Morgan fingerprint density at radius 2 is 1.79 bits per heavy atom. The van der Waals surface area contributed by atoms with Gasteiger partial charge in [0.15, 0.2) is 0 Å². The van der Waals surface area contributed by atoms with Crippen molar-refractivity contribution < 1.29 is 19.5 Å². The molecule has 1 aromatic rings. The van der Waals surface area contributed by atoms with Crippen molar-refractivity contribution >= 4 is 23.6 Å². The van der Waals surface area contributed by atoms with Crippen LogP contribution in [0, 0.1) is 0 Å². The summed E-state index contributed by atoms with van der Waals surface area (Å²) in [6.45, 7) is 0.275. The summed E-state index contributed by atoms with van der Waals surface area (Å²) in [6.07, 6.45) is 0.372. The molecule has 7 heteroatoms. The highest BCUT2D eigenvalue weighted by molar-refractivity contribution is 5.94. The number of rotatable bonds is 6. The number of primary amides is 1. The average molecular weight is 265 g/mol. The Labute approximate surface area is 109 Å². The van der Waals surface area contributed by atoms with Crippen molar-refractivity contribution in [1.82, 2.24) is 5.32 Å². The fourth-order valence-electron chi connectivity index (χ4n) is 1.33. The van der Waals surface area contributed by atoms with Crippen LogP contribution in [0.4, 0.5) is 10.5 Å². The number of amides is 3. The standard InChI is InChI=1S/C12H15N3O4/c13-11(18)8-3-5-9(6-4-8)15-12(19)14-7-1-2-10(16)17/h3-6H,1-2,7H2,(H2,13,18)(H,16,17)(H2,14,15,19). The first-order chi connectivity index (χ1) is 8.99. The zero-order valence-corrected chi connectivity index (χ0v) is 10.2. The molecule has 0 aliphatic rings. The van der Waals surface area contributed by atoms with Gasteiger partial charge in [-0.3, -0.25) is 9.59 Å². The van der Waals surface area contributed by atoms with Crippen LogP contribution in [0.15, 0.2) is 24.3 Å². The summed E-state index contributed by atoms with van der Waals surface area (Å²) in [7, 11) is 0.